The number of carbonyl (C=O) groups is 1. The van der Waals surface area contributed by atoms with Crippen LogP contribution in [0.2, 0.25) is 0 Å². The summed E-state index contributed by atoms with van der Waals surface area (Å²) in [5.41, 5.74) is 1.14. The van der Waals surface area contributed by atoms with E-state index >= 15 is 0 Å². The maximum absolute atomic E-state index is 12.1. The van der Waals surface area contributed by atoms with E-state index in [2.05, 4.69) is 4.74 Å². The molecular weight excluding hydrogens is 233 g/mol. The third-order valence-electron chi connectivity index (χ3n) is 2.20. The second kappa shape index (κ2) is 5.21. The molecule has 0 bridgehead atoms. The molecule has 0 saturated heterocycles. The molecule has 0 aromatic heterocycles. The Hall–Kier alpha value is -1.52. The van der Waals surface area contributed by atoms with Crippen molar-refractivity contribution < 1.29 is 22.7 Å². The SMILES string of the molecule is CCc1ccc(OC(F)(F)F)c(CC(C)=O)c1. The van der Waals surface area contributed by atoms with Crippen molar-refractivity contribution in [1.29, 1.82) is 0 Å². The van der Waals surface area contributed by atoms with Gasteiger partial charge in [0.05, 0.1) is 0 Å². The minimum atomic E-state index is -4.74. The molecular formula is C12H13F3O2. The van der Waals surface area contributed by atoms with E-state index in [1.54, 1.807) is 12.1 Å². The van der Waals surface area contributed by atoms with Crippen molar-refractivity contribution in [3.05, 3.63) is 29.3 Å². The number of rotatable bonds is 4. The smallest absolute Gasteiger partial charge is 0.405 e. The highest BCUT2D eigenvalue weighted by molar-refractivity contribution is 5.79. The zero-order valence-corrected chi connectivity index (χ0v) is 9.60. The van der Waals surface area contributed by atoms with Gasteiger partial charge < -0.3 is 4.74 Å². The van der Waals surface area contributed by atoms with E-state index in [-0.39, 0.29) is 23.5 Å². The Bertz CT molecular complexity index is 411. The van der Waals surface area contributed by atoms with Gasteiger partial charge in [-0.3, -0.25) is 4.79 Å². The van der Waals surface area contributed by atoms with Crippen molar-refractivity contribution in [2.24, 2.45) is 0 Å². The highest BCUT2D eigenvalue weighted by Gasteiger charge is 2.32. The largest absolute Gasteiger partial charge is 0.573 e. The zero-order valence-electron chi connectivity index (χ0n) is 9.60. The van der Waals surface area contributed by atoms with E-state index in [1.807, 2.05) is 6.92 Å². The van der Waals surface area contributed by atoms with Crippen LogP contribution in [-0.2, 0) is 17.6 Å². The second-order valence-corrected chi connectivity index (χ2v) is 3.72. The summed E-state index contributed by atoms with van der Waals surface area (Å²) in [5, 5.41) is 0. The van der Waals surface area contributed by atoms with Gasteiger partial charge in [-0.25, -0.2) is 0 Å². The topological polar surface area (TPSA) is 26.3 Å². The molecule has 5 heteroatoms. The predicted octanol–water partition coefficient (Wildman–Crippen LogP) is 3.28. The third kappa shape index (κ3) is 4.46. The van der Waals surface area contributed by atoms with Crippen molar-refractivity contribution in [2.45, 2.75) is 33.1 Å². The van der Waals surface area contributed by atoms with E-state index in [4.69, 9.17) is 0 Å². The number of hydrogen-bond acceptors (Lipinski definition) is 2. The summed E-state index contributed by atoms with van der Waals surface area (Å²) in [6.07, 6.45) is -4.10. The van der Waals surface area contributed by atoms with Crippen LogP contribution in [0.1, 0.15) is 25.0 Å². The number of ether oxygens (including phenoxy) is 1. The standard InChI is InChI=1S/C12H13F3O2/c1-3-9-4-5-11(17-12(13,14)15)10(7-9)6-8(2)16/h4-5,7H,3,6H2,1-2H3. The molecule has 0 aliphatic rings. The van der Waals surface area contributed by atoms with Gasteiger partial charge in [-0.1, -0.05) is 19.1 Å². The molecule has 0 aliphatic heterocycles. The van der Waals surface area contributed by atoms with E-state index in [1.165, 1.54) is 13.0 Å². The Kier molecular flexibility index (Phi) is 4.15. The molecule has 0 atom stereocenters. The van der Waals surface area contributed by atoms with Crippen LogP contribution in [0.5, 0.6) is 5.75 Å². The van der Waals surface area contributed by atoms with E-state index in [9.17, 15) is 18.0 Å². The molecule has 0 fully saturated rings. The highest BCUT2D eigenvalue weighted by atomic mass is 19.4. The molecule has 17 heavy (non-hydrogen) atoms. The molecule has 1 aromatic carbocycles. The van der Waals surface area contributed by atoms with Gasteiger partial charge in [-0.05, 0) is 25.0 Å². The number of Topliss-reactive ketones (excluding diaryl/α,β-unsaturated/α-hetero) is 1. The second-order valence-electron chi connectivity index (χ2n) is 3.72. The number of alkyl halides is 3. The molecule has 0 radical (unpaired) electrons. The van der Waals surface area contributed by atoms with Crippen LogP contribution in [0.3, 0.4) is 0 Å². The van der Waals surface area contributed by atoms with Crippen LogP contribution in [0, 0.1) is 0 Å². The molecule has 0 N–H and O–H groups in total. The number of ketones is 1. The van der Waals surface area contributed by atoms with Crippen LogP contribution in [0.25, 0.3) is 0 Å². The maximum Gasteiger partial charge on any atom is 0.573 e. The summed E-state index contributed by atoms with van der Waals surface area (Å²) < 4.78 is 40.3. The van der Waals surface area contributed by atoms with Gasteiger partial charge in [0, 0.05) is 12.0 Å². The summed E-state index contributed by atoms with van der Waals surface area (Å²) in [7, 11) is 0. The first-order valence-electron chi connectivity index (χ1n) is 5.19. The molecule has 2 nitrogen and oxygen atoms in total. The molecule has 0 heterocycles. The lowest BCUT2D eigenvalue weighted by molar-refractivity contribution is -0.274. The van der Waals surface area contributed by atoms with Crippen LogP contribution >= 0.6 is 0 Å². The normalized spacial score (nSPS) is 11.4. The third-order valence-corrected chi connectivity index (χ3v) is 2.20. The molecule has 94 valence electrons. The Morgan fingerprint density at radius 1 is 1.35 bits per heavy atom. The lowest BCUT2D eigenvalue weighted by Crippen LogP contribution is -2.18. The summed E-state index contributed by atoms with van der Waals surface area (Å²) in [6.45, 7) is 3.22. The molecule has 0 unspecified atom stereocenters. The van der Waals surface area contributed by atoms with Crippen molar-refractivity contribution in [3.63, 3.8) is 0 Å². The van der Waals surface area contributed by atoms with Crippen LogP contribution in [0.4, 0.5) is 13.2 Å². The summed E-state index contributed by atoms with van der Waals surface area (Å²) >= 11 is 0. The number of carbonyl (C=O) groups excluding carboxylic acids is 1. The van der Waals surface area contributed by atoms with E-state index in [0.717, 1.165) is 5.56 Å². The Morgan fingerprint density at radius 2 is 2.00 bits per heavy atom. The Labute approximate surface area is 97.4 Å². The van der Waals surface area contributed by atoms with Crippen LogP contribution in [0.15, 0.2) is 18.2 Å². The summed E-state index contributed by atoms with van der Waals surface area (Å²) in [4.78, 5) is 11.0. The Balaban J connectivity index is 3.06. The fourth-order valence-electron chi connectivity index (χ4n) is 1.48. The average molecular weight is 246 g/mol. The lowest BCUT2D eigenvalue weighted by Gasteiger charge is -2.13. The van der Waals surface area contributed by atoms with Gasteiger partial charge in [-0.2, -0.15) is 0 Å². The number of benzene rings is 1. The fourth-order valence-corrected chi connectivity index (χ4v) is 1.48. The van der Waals surface area contributed by atoms with Crippen molar-refractivity contribution >= 4 is 5.78 Å². The van der Waals surface area contributed by atoms with Gasteiger partial charge >= 0.3 is 6.36 Å². The molecule has 0 amide bonds. The highest BCUT2D eigenvalue weighted by Crippen LogP contribution is 2.27. The average Bonchev–Trinajstić information content (AvgIpc) is 2.17. The van der Waals surface area contributed by atoms with Crippen molar-refractivity contribution in [1.82, 2.24) is 0 Å². The summed E-state index contributed by atoms with van der Waals surface area (Å²) in [6, 6.07) is 4.39. The minimum Gasteiger partial charge on any atom is -0.405 e. The zero-order chi connectivity index (χ0) is 13.1. The lowest BCUT2D eigenvalue weighted by atomic mass is 10.0. The fraction of sp³-hybridized carbons (Fsp3) is 0.417. The van der Waals surface area contributed by atoms with Crippen molar-refractivity contribution in [2.75, 3.05) is 0 Å². The molecule has 0 spiro atoms. The quantitative estimate of drug-likeness (QED) is 0.814. The van der Waals surface area contributed by atoms with Gasteiger partial charge in [0.25, 0.3) is 0 Å². The Morgan fingerprint density at radius 3 is 2.47 bits per heavy atom. The molecule has 0 aliphatic carbocycles. The monoisotopic (exact) mass is 246 g/mol. The number of hydrogen-bond donors (Lipinski definition) is 0. The van der Waals surface area contributed by atoms with Gasteiger partial charge in [0.2, 0.25) is 0 Å². The molecule has 1 aromatic rings. The van der Waals surface area contributed by atoms with Gasteiger partial charge in [0.15, 0.2) is 0 Å². The van der Waals surface area contributed by atoms with Crippen molar-refractivity contribution in [3.8, 4) is 5.75 Å². The van der Waals surface area contributed by atoms with Crippen LogP contribution < -0.4 is 4.74 Å². The van der Waals surface area contributed by atoms with Gasteiger partial charge in [-0.15, -0.1) is 13.2 Å². The first-order valence-corrected chi connectivity index (χ1v) is 5.19. The van der Waals surface area contributed by atoms with Gasteiger partial charge in [0.1, 0.15) is 11.5 Å². The maximum atomic E-state index is 12.1. The van der Waals surface area contributed by atoms with E-state index < -0.39 is 6.36 Å². The summed E-state index contributed by atoms with van der Waals surface area (Å²) in [5.74, 6) is -0.504. The first kappa shape index (κ1) is 13.5. The minimum absolute atomic E-state index is 0.0563. The molecule has 1 rings (SSSR count). The number of aryl methyl sites for hydroxylation is 1. The number of halogens is 3. The first-order chi connectivity index (χ1) is 7.81. The predicted molar refractivity (Wildman–Crippen MR) is 56.9 cm³/mol. The van der Waals surface area contributed by atoms with Crippen LogP contribution in [-0.4, -0.2) is 12.1 Å². The van der Waals surface area contributed by atoms with E-state index in [0.29, 0.717) is 6.42 Å². The molecule has 0 saturated carbocycles.